The molecule has 1 aromatic carbocycles. The maximum Gasteiger partial charge on any atom is 0.0206 e. The maximum atomic E-state index is 3.71. The van der Waals surface area contributed by atoms with Crippen molar-refractivity contribution in [2.24, 2.45) is 0 Å². The average Bonchev–Trinajstić information content (AvgIpc) is 2.76. The Labute approximate surface area is 181 Å². The molecule has 2 N–H and O–H groups in total. The molecule has 0 aliphatic heterocycles. The third-order valence-corrected chi connectivity index (χ3v) is 6.51. The second-order valence-corrected chi connectivity index (χ2v) is 9.21. The molecule has 1 saturated carbocycles. The van der Waals surface area contributed by atoms with E-state index in [9.17, 15) is 0 Å². The quantitative estimate of drug-likeness (QED) is 0.271. The molecular formula is C27H48N2. The Balaban J connectivity index is 1.42. The van der Waals surface area contributed by atoms with Gasteiger partial charge >= 0.3 is 0 Å². The molecule has 0 spiro atoms. The number of hydrogen-bond acceptors (Lipinski definition) is 2. The number of unbranched alkanes of at least 4 members (excludes halogenated alkanes) is 9. The third kappa shape index (κ3) is 12.4. The molecule has 0 heterocycles. The standard InChI is InChI=1S/C27H48N2/c1-2-3-4-5-6-7-8-9-10-12-15-25-18-20-26(21-19-25)24-28-22-23-29-27-16-13-11-14-17-27/h18-21,27-29H,2-17,22-24H2,1H3. The monoisotopic (exact) mass is 400 g/mol. The van der Waals surface area contributed by atoms with E-state index in [2.05, 4.69) is 41.8 Å². The number of benzene rings is 1. The molecule has 0 bridgehead atoms. The highest BCUT2D eigenvalue weighted by Crippen LogP contribution is 2.17. The lowest BCUT2D eigenvalue weighted by Crippen LogP contribution is -2.36. The summed E-state index contributed by atoms with van der Waals surface area (Å²) in [6, 6.07) is 10.1. The van der Waals surface area contributed by atoms with Crippen LogP contribution in [0.25, 0.3) is 0 Å². The van der Waals surface area contributed by atoms with Crippen LogP contribution in [0, 0.1) is 0 Å². The Bertz CT molecular complexity index is 476. The highest BCUT2D eigenvalue weighted by atomic mass is 15.0. The molecule has 29 heavy (non-hydrogen) atoms. The van der Waals surface area contributed by atoms with Gasteiger partial charge in [0.05, 0.1) is 0 Å². The molecule has 1 fully saturated rings. The first kappa shape index (κ1) is 24.4. The Morgan fingerprint density at radius 3 is 1.93 bits per heavy atom. The molecule has 1 aliphatic carbocycles. The van der Waals surface area contributed by atoms with E-state index in [0.717, 1.165) is 25.7 Å². The minimum absolute atomic E-state index is 0.774. The zero-order valence-electron chi connectivity index (χ0n) is 19.3. The summed E-state index contributed by atoms with van der Waals surface area (Å²) < 4.78 is 0. The number of rotatable bonds is 17. The van der Waals surface area contributed by atoms with E-state index >= 15 is 0 Å². The predicted molar refractivity (Wildman–Crippen MR) is 129 cm³/mol. The van der Waals surface area contributed by atoms with Gasteiger partial charge in [0, 0.05) is 25.7 Å². The van der Waals surface area contributed by atoms with Crippen molar-refractivity contribution in [3.63, 3.8) is 0 Å². The van der Waals surface area contributed by atoms with Gasteiger partial charge in [-0.25, -0.2) is 0 Å². The molecule has 0 saturated heterocycles. The van der Waals surface area contributed by atoms with Crippen LogP contribution in [0.5, 0.6) is 0 Å². The van der Waals surface area contributed by atoms with Crippen LogP contribution < -0.4 is 10.6 Å². The van der Waals surface area contributed by atoms with Gasteiger partial charge in [-0.3, -0.25) is 0 Å². The second-order valence-electron chi connectivity index (χ2n) is 9.21. The normalized spacial score (nSPS) is 15.1. The van der Waals surface area contributed by atoms with Crippen LogP contribution >= 0.6 is 0 Å². The minimum Gasteiger partial charge on any atom is -0.313 e. The van der Waals surface area contributed by atoms with Crippen LogP contribution in [-0.2, 0) is 13.0 Å². The van der Waals surface area contributed by atoms with Crippen molar-refractivity contribution in [1.29, 1.82) is 0 Å². The fraction of sp³-hybridized carbons (Fsp3) is 0.778. The highest BCUT2D eigenvalue weighted by molar-refractivity contribution is 5.22. The van der Waals surface area contributed by atoms with Gasteiger partial charge in [0.2, 0.25) is 0 Å². The van der Waals surface area contributed by atoms with Gasteiger partial charge in [0.25, 0.3) is 0 Å². The van der Waals surface area contributed by atoms with Crippen molar-refractivity contribution in [2.75, 3.05) is 13.1 Å². The van der Waals surface area contributed by atoms with Crippen LogP contribution in [0.4, 0.5) is 0 Å². The molecule has 2 heteroatoms. The number of hydrogen-bond donors (Lipinski definition) is 2. The average molecular weight is 401 g/mol. The Morgan fingerprint density at radius 2 is 1.28 bits per heavy atom. The van der Waals surface area contributed by atoms with Gasteiger partial charge < -0.3 is 10.6 Å². The summed E-state index contributed by atoms with van der Waals surface area (Å²) in [7, 11) is 0. The van der Waals surface area contributed by atoms with Crippen molar-refractivity contribution < 1.29 is 0 Å². The lowest BCUT2D eigenvalue weighted by molar-refractivity contribution is 0.372. The first-order chi connectivity index (χ1) is 14.4. The summed E-state index contributed by atoms with van der Waals surface area (Å²) in [5.74, 6) is 0. The van der Waals surface area contributed by atoms with Gasteiger partial charge in [0.15, 0.2) is 0 Å². The van der Waals surface area contributed by atoms with Crippen molar-refractivity contribution in [3.8, 4) is 0 Å². The lowest BCUT2D eigenvalue weighted by Gasteiger charge is -2.22. The molecule has 0 atom stereocenters. The molecule has 0 radical (unpaired) electrons. The van der Waals surface area contributed by atoms with E-state index < -0.39 is 0 Å². The second kappa shape index (κ2) is 16.9. The fourth-order valence-corrected chi connectivity index (χ4v) is 4.54. The van der Waals surface area contributed by atoms with E-state index in [1.54, 1.807) is 0 Å². The first-order valence-electron chi connectivity index (χ1n) is 12.9. The first-order valence-corrected chi connectivity index (χ1v) is 12.9. The van der Waals surface area contributed by atoms with Crippen LogP contribution in [0.15, 0.2) is 24.3 Å². The summed E-state index contributed by atoms with van der Waals surface area (Å²) >= 11 is 0. The van der Waals surface area contributed by atoms with E-state index in [0.29, 0.717) is 0 Å². The summed E-state index contributed by atoms with van der Waals surface area (Å²) in [5, 5.41) is 7.29. The number of aryl methyl sites for hydroxylation is 1. The minimum atomic E-state index is 0.774. The third-order valence-electron chi connectivity index (χ3n) is 6.51. The van der Waals surface area contributed by atoms with E-state index in [4.69, 9.17) is 0 Å². The molecule has 2 rings (SSSR count). The van der Waals surface area contributed by atoms with E-state index in [1.165, 1.54) is 114 Å². The Morgan fingerprint density at radius 1 is 0.690 bits per heavy atom. The van der Waals surface area contributed by atoms with Gasteiger partial charge in [0.1, 0.15) is 0 Å². The van der Waals surface area contributed by atoms with Crippen LogP contribution in [-0.4, -0.2) is 19.1 Å². The van der Waals surface area contributed by atoms with E-state index in [1.807, 2.05) is 0 Å². The molecule has 1 aromatic rings. The van der Waals surface area contributed by atoms with Crippen LogP contribution in [0.2, 0.25) is 0 Å². The topological polar surface area (TPSA) is 24.1 Å². The van der Waals surface area contributed by atoms with Crippen molar-refractivity contribution in [2.45, 2.75) is 122 Å². The zero-order valence-corrected chi connectivity index (χ0v) is 19.3. The van der Waals surface area contributed by atoms with Gasteiger partial charge in [-0.05, 0) is 36.8 Å². The Kier molecular flexibility index (Phi) is 14.2. The molecule has 1 aliphatic rings. The van der Waals surface area contributed by atoms with Crippen molar-refractivity contribution in [1.82, 2.24) is 10.6 Å². The molecule has 0 amide bonds. The van der Waals surface area contributed by atoms with Crippen LogP contribution in [0.3, 0.4) is 0 Å². The fourth-order valence-electron chi connectivity index (χ4n) is 4.54. The summed E-state index contributed by atoms with van der Waals surface area (Å²) in [5.41, 5.74) is 2.92. The zero-order chi connectivity index (χ0) is 20.4. The van der Waals surface area contributed by atoms with E-state index in [-0.39, 0.29) is 0 Å². The maximum absolute atomic E-state index is 3.71. The van der Waals surface area contributed by atoms with Crippen LogP contribution in [0.1, 0.15) is 114 Å². The SMILES string of the molecule is CCCCCCCCCCCCc1ccc(CNCCNC2CCCCC2)cc1. The van der Waals surface area contributed by atoms with Gasteiger partial charge in [-0.1, -0.05) is 108 Å². The molecule has 0 unspecified atom stereocenters. The lowest BCUT2D eigenvalue weighted by atomic mass is 9.95. The smallest absolute Gasteiger partial charge is 0.0206 e. The largest absolute Gasteiger partial charge is 0.313 e. The predicted octanol–water partition coefficient (Wildman–Crippen LogP) is 7.16. The highest BCUT2D eigenvalue weighted by Gasteiger charge is 2.11. The molecule has 2 nitrogen and oxygen atoms in total. The summed E-state index contributed by atoms with van der Waals surface area (Å²) in [4.78, 5) is 0. The number of nitrogens with one attached hydrogen (secondary N) is 2. The van der Waals surface area contributed by atoms with Crippen molar-refractivity contribution in [3.05, 3.63) is 35.4 Å². The Hall–Kier alpha value is -0.860. The van der Waals surface area contributed by atoms with Gasteiger partial charge in [-0.15, -0.1) is 0 Å². The summed E-state index contributed by atoms with van der Waals surface area (Å²) in [6.07, 6.45) is 22.4. The molecule has 166 valence electrons. The molecular weight excluding hydrogens is 352 g/mol. The summed E-state index contributed by atoms with van der Waals surface area (Å²) in [6.45, 7) is 5.45. The van der Waals surface area contributed by atoms with Gasteiger partial charge in [-0.2, -0.15) is 0 Å². The van der Waals surface area contributed by atoms with Crippen molar-refractivity contribution >= 4 is 0 Å². The molecule has 0 aromatic heterocycles.